The van der Waals surface area contributed by atoms with Gasteiger partial charge in [0.15, 0.2) is 0 Å². The van der Waals surface area contributed by atoms with Gasteiger partial charge in [-0.05, 0) is 62.4 Å². The molecule has 2 heterocycles. The maximum absolute atomic E-state index is 13.0. The molecule has 0 bridgehead atoms. The Labute approximate surface area is 172 Å². The molecule has 5 heteroatoms. The van der Waals surface area contributed by atoms with E-state index in [2.05, 4.69) is 41.5 Å². The lowest BCUT2D eigenvalue weighted by Crippen LogP contribution is -2.48. The number of hydrogen-bond donors (Lipinski definition) is 0. The highest BCUT2D eigenvalue weighted by atomic mass is 16.5. The van der Waals surface area contributed by atoms with Crippen molar-refractivity contribution in [2.45, 2.75) is 13.8 Å². The zero-order valence-corrected chi connectivity index (χ0v) is 17.3. The van der Waals surface area contributed by atoms with Crippen LogP contribution in [0.25, 0.3) is 5.69 Å². The van der Waals surface area contributed by atoms with E-state index in [0.717, 1.165) is 35.8 Å². The third kappa shape index (κ3) is 3.73. The highest BCUT2D eigenvalue weighted by Crippen LogP contribution is 2.28. The maximum Gasteiger partial charge on any atom is 0.253 e. The molecular weight excluding hydrogens is 362 g/mol. The molecule has 0 aliphatic carbocycles. The van der Waals surface area contributed by atoms with E-state index in [4.69, 9.17) is 4.74 Å². The van der Waals surface area contributed by atoms with Crippen molar-refractivity contribution in [1.82, 2.24) is 9.47 Å². The van der Waals surface area contributed by atoms with Crippen LogP contribution in [0.2, 0.25) is 0 Å². The molecule has 0 saturated carbocycles. The van der Waals surface area contributed by atoms with Crippen LogP contribution in [0.3, 0.4) is 0 Å². The van der Waals surface area contributed by atoms with Gasteiger partial charge < -0.3 is 19.1 Å². The number of aryl methyl sites for hydroxylation is 2. The predicted octanol–water partition coefficient (Wildman–Crippen LogP) is 4.07. The molecule has 5 nitrogen and oxygen atoms in total. The van der Waals surface area contributed by atoms with Crippen LogP contribution in [0.5, 0.6) is 5.75 Å². The summed E-state index contributed by atoms with van der Waals surface area (Å²) in [6.07, 6.45) is 0. The summed E-state index contributed by atoms with van der Waals surface area (Å²) in [5.74, 6) is 0.968. The summed E-state index contributed by atoms with van der Waals surface area (Å²) >= 11 is 0. The number of methoxy groups -OCH3 is 1. The van der Waals surface area contributed by atoms with Crippen LogP contribution in [0.15, 0.2) is 60.7 Å². The van der Waals surface area contributed by atoms with E-state index < -0.39 is 0 Å². The van der Waals surface area contributed by atoms with E-state index in [1.54, 1.807) is 7.11 Å². The summed E-state index contributed by atoms with van der Waals surface area (Å²) in [5, 5.41) is 0. The van der Waals surface area contributed by atoms with Gasteiger partial charge in [-0.25, -0.2) is 0 Å². The average molecular weight is 389 g/mol. The molecule has 1 amide bonds. The number of carbonyl (C=O) groups excluding carboxylic acids is 1. The summed E-state index contributed by atoms with van der Waals surface area (Å²) in [4.78, 5) is 17.2. The Hall–Kier alpha value is -3.21. The number of hydrogen-bond acceptors (Lipinski definition) is 3. The third-order valence-electron chi connectivity index (χ3n) is 5.64. The van der Waals surface area contributed by atoms with Crippen molar-refractivity contribution in [1.29, 1.82) is 0 Å². The highest BCUT2D eigenvalue weighted by molar-refractivity contribution is 5.94. The predicted molar refractivity (Wildman–Crippen MR) is 116 cm³/mol. The fraction of sp³-hybridized carbons (Fsp3) is 0.292. The quantitative estimate of drug-likeness (QED) is 0.675. The highest BCUT2D eigenvalue weighted by Gasteiger charge is 2.23. The molecule has 2 aromatic carbocycles. The number of aromatic nitrogens is 1. The number of carbonyl (C=O) groups is 1. The first-order valence-electron chi connectivity index (χ1n) is 10.0. The molecule has 1 saturated heterocycles. The Kier molecular flexibility index (Phi) is 5.30. The van der Waals surface area contributed by atoms with Crippen LogP contribution in [0, 0.1) is 13.8 Å². The molecule has 3 aromatic rings. The summed E-state index contributed by atoms with van der Waals surface area (Å²) in [5.41, 5.74) is 5.29. The van der Waals surface area contributed by atoms with Gasteiger partial charge in [0.05, 0.1) is 12.8 Å². The van der Waals surface area contributed by atoms with Gasteiger partial charge in [0.2, 0.25) is 0 Å². The maximum atomic E-state index is 13.0. The molecule has 150 valence electrons. The van der Waals surface area contributed by atoms with E-state index >= 15 is 0 Å². The summed E-state index contributed by atoms with van der Waals surface area (Å²) in [6, 6.07) is 20.2. The van der Waals surface area contributed by atoms with Crippen molar-refractivity contribution in [3.8, 4) is 11.4 Å². The topological polar surface area (TPSA) is 37.7 Å². The third-order valence-corrected chi connectivity index (χ3v) is 5.64. The van der Waals surface area contributed by atoms with Crippen LogP contribution < -0.4 is 9.64 Å². The number of anilines is 1. The molecule has 29 heavy (non-hydrogen) atoms. The average Bonchev–Trinajstić information content (AvgIpc) is 3.11. The van der Waals surface area contributed by atoms with E-state index in [1.807, 2.05) is 47.4 Å². The first kappa shape index (κ1) is 19.1. The van der Waals surface area contributed by atoms with Crippen molar-refractivity contribution >= 4 is 11.6 Å². The van der Waals surface area contributed by atoms with Crippen molar-refractivity contribution < 1.29 is 9.53 Å². The van der Waals surface area contributed by atoms with Crippen LogP contribution in [-0.2, 0) is 0 Å². The van der Waals surface area contributed by atoms with Gasteiger partial charge >= 0.3 is 0 Å². The normalized spacial score (nSPS) is 14.2. The van der Waals surface area contributed by atoms with Gasteiger partial charge in [-0.15, -0.1) is 0 Å². The first-order valence-corrected chi connectivity index (χ1v) is 10.0. The SMILES string of the molecule is COc1ccccc1N1CCN(C(=O)c2ccc(-n3c(C)ccc3C)cc2)CC1. The fourth-order valence-corrected chi connectivity index (χ4v) is 4.05. The monoisotopic (exact) mass is 389 g/mol. The Morgan fingerprint density at radius 2 is 1.45 bits per heavy atom. The van der Waals surface area contributed by atoms with Gasteiger partial charge in [0.1, 0.15) is 5.75 Å². The zero-order chi connectivity index (χ0) is 20.4. The second-order valence-corrected chi connectivity index (χ2v) is 7.45. The number of ether oxygens (including phenoxy) is 1. The standard InChI is InChI=1S/C24H27N3O2/c1-18-8-9-19(2)27(18)21-12-10-20(11-13-21)24(28)26-16-14-25(15-17-26)22-6-4-5-7-23(22)29-3/h4-13H,14-17H2,1-3H3. The van der Waals surface area contributed by atoms with Gasteiger partial charge in [0.25, 0.3) is 5.91 Å². The van der Waals surface area contributed by atoms with Crippen molar-refractivity contribution in [3.05, 3.63) is 77.6 Å². The Bertz CT molecular complexity index is 980. The smallest absolute Gasteiger partial charge is 0.253 e. The number of amides is 1. The fourth-order valence-electron chi connectivity index (χ4n) is 4.05. The van der Waals surface area contributed by atoms with Gasteiger partial charge in [-0.2, -0.15) is 0 Å². The van der Waals surface area contributed by atoms with Gasteiger partial charge in [-0.3, -0.25) is 4.79 Å². The second-order valence-electron chi connectivity index (χ2n) is 7.45. The molecule has 1 aromatic heterocycles. The molecule has 1 aliphatic heterocycles. The Balaban J connectivity index is 1.43. The number of rotatable bonds is 4. The zero-order valence-electron chi connectivity index (χ0n) is 17.3. The van der Waals surface area contributed by atoms with Gasteiger partial charge in [0, 0.05) is 48.8 Å². The Morgan fingerprint density at radius 3 is 2.07 bits per heavy atom. The van der Waals surface area contributed by atoms with Crippen LogP contribution in [0.4, 0.5) is 5.69 Å². The number of benzene rings is 2. The van der Waals surface area contributed by atoms with Crippen LogP contribution in [-0.4, -0.2) is 48.7 Å². The lowest BCUT2D eigenvalue weighted by atomic mass is 10.1. The van der Waals surface area contributed by atoms with Gasteiger partial charge in [-0.1, -0.05) is 12.1 Å². The van der Waals surface area contributed by atoms with E-state index in [1.165, 1.54) is 11.4 Å². The molecule has 4 rings (SSSR count). The van der Waals surface area contributed by atoms with Crippen LogP contribution >= 0.6 is 0 Å². The largest absolute Gasteiger partial charge is 0.495 e. The minimum atomic E-state index is 0.0946. The summed E-state index contributed by atoms with van der Waals surface area (Å²) < 4.78 is 7.67. The molecule has 0 atom stereocenters. The molecule has 0 unspecified atom stereocenters. The van der Waals surface area contributed by atoms with Crippen molar-refractivity contribution in [3.63, 3.8) is 0 Å². The lowest BCUT2D eigenvalue weighted by Gasteiger charge is -2.36. The molecule has 1 fully saturated rings. The molecular formula is C24H27N3O2. The van der Waals surface area contributed by atoms with E-state index in [0.29, 0.717) is 13.1 Å². The number of piperazine rings is 1. The summed E-state index contributed by atoms with van der Waals surface area (Å²) in [6.45, 7) is 7.18. The molecule has 1 aliphatic rings. The Morgan fingerprint density at radius 1 is 0.828 bits per heavy atom. The number of nitrogens with zero attached hydrogens (tertiary/aromatic N) is 3. The minimum Gasteiger partial charge on any atom is -0.495 e. The number of para-hydroxylation sites is 2. The molecule has 0 spiro atoms. The molecule has 0 N–H and O–H groups in total. The lowest BCUT2D eigenvalue weighted by molar-refractivity contribution is 0.0746. The summed E-state index contributed by atoms with van der Waals surface area (Å²) in [7, 11) is 1.69. The first-order chi connectivity index (χ1) is 14.1. The van der Waals surface area contributed by atoms with Crippen molar-refractivity contribution in [2.24, 2.45) is 0 Å². The van der Waals surface area contributed by atoms with Crippen LogP contribution in [0.1, 0.15) is 21.7 Å². The molecule has 0 radical (unpaired) electrons. The van der Waals surface area contributed by atoms with E-state index in [-0.39, 0.29) is 5.91 Å². The van der Waals surface area contributed by atoms with Crippen molar-refractivity contribution in [2.75, 3.05) is 38.2 Å². The minimum absolute atomic E-state index is 0.0946. The second kappa shape index (κ2) is 8.03. The van der Waals surface area contributed by atoms with E-state index in [9.17, 15) is 4.79 Å².